The molecule has 0 aliphatic carbocycles. The van der Waals surface area contributed by atoms with Crippen molar-refractivity contribution in [3.8, 4) is 0 Å². The van der Waals surface area contributed by atoms with Gasteiger partial charge in [0.05, 0.1) is 0 Å². The van der Waals surface area contributed by atoms with Crippen LogP contribution in [-0.4, -0.2) is 6.38 Å². The summed E-state index contributed by atoms with van der Waals surface area (Å²) < 4.78 is 21.8. The standard InChI is InChI=1S/CH3Cl.H4O5P2.Pd/c1-2;1-6(2)5-7(3)4;/h1H3;6-7H,(H,1,2)(H,3,4);/q;;+2/p-2. The van der Waals surface area contributed by atoms with Crippen molar-refractivity contribution >= 4 is 28.1 Å². The summed E-state index contributed by atoms with van der Waals surface area (Å²) in [6.07, 6.45) is 1.47. The topological polar surface area (TPSA) is 89.5 Å². The average Bonchev–Trinajstić information content (AvgIpc) is 1.68. The predicted octanol–water partition coefficient (Wildman–Crippen LogP) is -0.645. The first-order valence-corrected chi connectivity index (χ1v) is 4.81. The smallest absolute Gasteiger partial charge is 0.781 e. The van der Waals surface area contributed by atoms with Crippen LogP contribution in [-0.2, 0) is 33.9 Å². The van der Waals surface area contributed by atoms with E-state index >= 15 is 0 Å². The zero-order chi connectivity index (χ0) is 7.86. The van der Waals surface area contributed by atoms with Gasteiger partial charge >= 0.3 is 20.4 Å². The monoisotopic (exact) mass is 300 g/mol. The average molecular weight is 301 g/mol. The van der Waals surface area contributed by atoms with Crippen LogP contribution in [0.1, 0.15) is 0 Å². The molecule has 0 aliphatic heterocycles. The van der Waals surface area contributed by atoms with Gasteiger partial charge in [-0.3, -0.25) is 4.31 Å². The Labute approximate surface area is 78.3 Å². The maximum atomic E-state index is 9.29. The second-order valence-electron chi connectivity index (χ2n) is 0.602. The van der Waals surface area contributed by atoms with E-state index in [1.807, 2.05) is 0 Å². The van der Waals surface area contributed by atoms with Crippen molar-refractivity contribution in [3.63, 3.8) is 0 Å². The molecule has 9 heteroatoms. The van der Waals surface area contributed by atoms with Crippen molar-refractivity contribution in [2.75, 3.05) is 6.38 Å². The fraction of sp³-hybridized carbons (Fsp3) is 1.00. The Balaban J connectivity index is -0.000000149. The van der Waals surface area contributed by atoms with Gasteiger partial charge in [-0.2, -0.15) is 0 Å². The van der Waals surface area contributed by atoms with E-state index in [0.717, 1.165) is 0 Å². The van der Waals surface area contributed by atoms with Crippen molar-refractivity contribution in [3.05, 3.63) is 0 Å². The molecule has 0 N–H and O–H groups in total. The molecule has 5 nitrogen and oxygen atoms in total. The third kappa shape index (κ3) is 22.8. The van der Waals surface area contributed by atoms with Crippen molar-refractivity contribution in [2.24, 2.45) is 0 Å². The van der Waals surface area contributed by atoms with E-state index in [1.54, 1.807) is 0 Å². The van der Waals surface area contributed by atoms with E-state index in [9.17, 15) is 18.9 Å². The Morgan fingerprint density at radius 3 is 1.40 bits per heavy atom. The van der Waals surface area contributed by atoms with Crippen molar-refractivity contribution in [1.82, 2.24) is 0 Å². The molecule has 0 saturated carbocycles. The molecule has 10 heavy (non-hydrogen) atoms. The summed E-state index contributed by atoms with van der Waals surface area (Å²) in [5, 5.41) is 0. The van der Waals surface area contributed by atoms with Crippen molar-refractivity contribution in [1.29, 1.82) is 0 Å². The van der Waals surface area contributed by atoms with E-state index in [4.69, 9.17) is 0 Å². The van der Waals surface area contributed by atoms with Gasteiger partial charge in [0.1, 0.15) is 16.5 Å². The van der Waals surface area contributed by atoms with Crippen LogP contribution in [0.15, 0.2) is 0 Å². The molecule has 0 aromatic carbocycles. The third-order valence-electron chi connectivity index (χ3n) is 0.167. The van der Waals surface area contributed by atoms with Crippen molar-refractivity contribution < 1.29 is 43.7 Å². The molecule has 0 aliphatic rings. The first-order chi connectivity index (χ1) is 4.13. The number of rotatable bonds is 2. The van der Waals surface area contributed by atoms with Crippen LogP contribution >= 0.6 is 28.1 Å². The summed E-state index contributed by atoms with van der Waals surface area (Å²) in [6.45, 7) is 0. The Morgan fingerprint density at radius 1 is 1.20 bits per heavy atom. The molecular formula is CH5ClO5P2Pd. The maximum Gasteiger partial charge on any atom is 2.00 e. The fourth-order valence-electron chi connectivity index (χ4n) is 0.0680. The van der Waals surface area contributed by atoms with Crippen LogP contribution < -0.4 is 9.79 Å². The van der Waals surface area contributed by atoms with E-state index in [-0.39, 0.29) is 20.4 Å². The number of hydrogen-bond acceptors (Lipinski definition) is 5. The number of hydrogen-bond donors (Lipinski definition) is 0. The van der Waals surface area contributed by atoms with Crippen molar-refractivity contribution in [2.45, 2.75) is 0 Å². The summed E-state index contributed by atoms with van der Waals surface area (Å²) in [6, 6.07) is 0. The normalized spacial score (nSPS) is 13.6. The van der Waals surface area contributed by atoms with Gasteiger partial charge in [0, 0.05) is 6.38 Å². The molecule has 0 rings (SSSR count). The van der Waals surface area contributed by atoms with Gasteiger partial charge in [-0.1, -0.05) is 0 Å². The molecule has 0 radical (unpaired) electrons. The first kappa shape index (κ1) is 17.4. The number of halogens is 1. The van der Waals surface area contributed by atoms with Gasteiger partial charge in [0.15, 0.2) is 0 Å². The zero-order valence-electron chi connectivity index (χ0n) is 4.74. The molecule has 0 aromatic heterocycles. The summed E-state index contributed by atoms with van der Waals surface area (Å²) in [4.78, 5) is 18.6. The minimum absolute atomic E-state index is 0. The minimum atomic E-state index is -3.51. The fourth-order valence-corrected chi connectivity index (χ4v) is 0.612. The molecule has 0 heterocycles. The van der Waals surface area contributed by atoms with Crippen LogP contribution in [0.5, 0.6) is 0 Å². The largest absolute Gasteiger partial charge is 2.00 e. The second kappa shape index (κ2) is 12.9. The summed E-state index contributed by atoms with van der Waals surface area (Å²) in [5.41, 5.74) is 0. The van der Waals surface area contributed by atoms with Gasteiger partial charge in [-0.05, 0) is 0 Å². The molecule has 2 unspecified atom stereocenters. The molecule has 0 spiro atoms. The quantitative estimate of drug-likeness (QED) is 0.384. The van der Waals surface area contributed by atoms with Gasteiger partial charge in [0.2, 0.25) is 0 Å². The third-order valence-corrected chi connectivity index (χ3v) is 1.50. The molecule has 66 valence electrons. The number of alkyl halides is 1. The summed E-state index contributed by atoms with van der Waals surface area (Å²) in [7, 11) is -7.03. The van der Waals surface area contributed by atoms with Crippen LogP contribution in [0.3, 0.4) is 0 Å². The maximum absolute atomic E-state index is 9.29. The molecule has 0 fully saturated rings. The second-order valence-corrected chi connectivity index (χ2v) is 2.42. The Bertz CT molecular complexity index is 95.8. The van der Waals surface area contributed by atoms with E-state index < -0.39 is 16.5 Å². The van der Waals surface area contributed by atoms with Crippen LogP contribution in [0.4, 0.5) is 0 Å². The molecule has 0 aromatic rings. The van der Waals surface area contributed by atoms with Gasteiger partial charge in [-0.15, -0.1) is 11.6 Å². The Morgan fingerprint density at radius 2 is 1.40 bits per heavy atom. The van der Waals surface area contributed by atoms with Crippen LogP contribution in [0.25, 0.3) is 0 Å². The SMILES string of the molecule is CCl.O=[PH]([O-])O[PH](=O)[O-].[Pd+2]. The summed E-state index contributed by atoms with van der Waals surface area (Å²) >= 11 is 4.64. The van der Waals surface area contributed by atoms with Gasteiger partial charge in [0.25, 0.3) is 0 Å². The molecule has 0 saturated heterocycles. The summed E-state index contributed by atoms with van der Waals surface area (Å²) in [5.74, 6) is 0. The molecule has 2 atom stereocenters. The van der Waals surface area contributed by atoms with Gasteiger partial charge in [-0.25, -0.2) is 0 Å². The Kier molecular flexibility index (Phi) is 22.5. The zero-order valence-corrected chi connectivity index (χ0v) is 9.05. The van der Waals surface area contributed by atoms with Crippen LogP contribution in [0, 0.1) is 0 Å². The van der Waals surface area contributed by atoms with E-state index in [1.165, 1.54) is 6.38 Å². The van der Waals surface area contributed by atoms with E-state index in [2.05, 4.69) is 15.9 Å². The molecule has 0 bridgehead atoms. The molecular weight excluding hydrogens is 296 g/mol. The minimum Gasteiger partial charge on any atom is -0.781 e. The predicted molar refractivity (Wildman–Crippen MR) is 30.9 cm³/mol. The van der Waals surface area contributed by atoms with E-state index in [0.29, 0.717) is 0 Å². The van der Waals surface area contributed by atoms with Gasteiger partial charge < -0.3 is 18.9 Å². The van der Waals surface area contributed by atoms with Crippen LogP contribution in [0.2, 0.25) is 0 Å². The Hall–Kier alpha value is 1.29. The molecule has 0 amide bonds. The first-order valence-electron chi connectivity index (χ1n) is 1.60.